The van der Waals surface area contributed by atoms with Gasteiger partial charge in [-0.05, 0) is 0 Å². The second-order valence-electron chi connectivity index (χ2n) is 0. The van der Waals surface area contributed by atoms with E-state index in [1.165, 1.54) is 0 Å². The molecule has 0 aromatic heterocycles. The molecule has 0 N–H and O–H groups in total. The van der Waals surface area contributed by atoms with Gasteiger partial charge in [0.25, 0.3) is 0 Å². The third kappa shape index (κ3) is 21.2. The summed E-state index contributed by atoms with van der Waals surface area (Å²) < 4.78 is 0. The molecule has 0 atom stereocenters. The molecular formula is ClCoCuMnZn. The van der Waals surface area contributed by atoms with Gasteiger partial charge in [0.2, 0.25) is 0 Å². The zero-order valence-corrected chi connectivity index (χ0v) is 8.98. The molecule has 2 radical (unpaired) electrons. The molecule has 0 spiro atoms. The fraction of sp³-hybridized carbons (Fsp3) is 0. The van der Waals surface area contributed by atoms with Crippen LogP contribution >= 0.6 is 10.1 Å². The van der Waals surface area contributed by atoms with Crippen LogP contribution in [0.2, 0.25) is 0 Å². The molecule has 0 bridgehead atoms. The van der Waals surface area contributed by atoms with Gasteiger partial charge in [-0.15, -0.1) is 0 Å². The Kier molecular flexibility index (Phi) is 166. The summed E-state index contributed by atoms with van der Waals surface area (Å²) in [6.45, 7) is 0. The molecule has 0 aromatic carbocycles. The van der Waals surface area contributed by atoms with E-state index in [4.69, 9.17) is 0 Å². The fourth-order valence-electron chi connectivity index (χ4n) is 0. The molecule has 0 rings (SSSR count). The first kappa shape index (κ1) is 26.0. The Balaban J connectivity index is -0.00000000167. The van der Waals surface area contributed by atoms with Gasteiger partial charge in [0.15, 0.2) is 0 Å². The molecule has 36 valence electrons. The summed E-state index contributed by atoms with van der Waals surface area (Å²) in [6.07, 6.45) is 0. The molecule has 5 heteroatoms. The second kappa shape index (κ2) is 31.8. The maximum atomic E-state index is 4.33. The van der Waals surface area contributed by atoms with E-state index in [0.717, 1.165) is 0 Å². The summed E-state index contributed by atoms with van der Waals surface area (Å²) >= 11 is 3.03. The molecule has 0 aromatic rings. The van der Waals surface area contributed by atoms with Crippen molar-refractivity contribution in [3.05, 3.63) is 0 Å². The van der Waals surface area contributed by atoms with Crippen LogP contribution in [0, 0.1) is 0 Å². The largest absolute Gasteiger partial charge is 0 e. The van der Waals surface area contributed by atoms with Crippen molar-refractivity contribution in [2.75, 3.05) is 0 Å². The molecule has 5 heavy (non-hydrogen) atoms. The van der Waals surface area contributed by atoms with E-state index in [0.29, 0.717) is 0 Å². The Morgan fingerprint density at radius 2 is 1.20 bits per heavy atom. The van der Waals surface area contributed by atoms with Crippen molar-refractivity contribution in [1.82, 2.24) is 0 Å². The monoisotopic (exact) mass is 276 g/mol. The predicted molar refractivity (Wildman–Crippen MR) is 5.85 cm³/mol. The van der Waals surface area contributed by atoms with E-state index in [-0.39, 0.29) is 53.6 Å². The van der Waals surface area contributed by atoms with Crippen LogP contribution in [0.25, 0.3) is 0 Å². The summed E-state index contributed by atoms with van der Waals surface area (Å²) in [6, 6.07) is 0. The van der Waals surface area contributed by atoms with E-state index >= 15 is 0 Å². The van der Waals surface area contributed by atoms with Crippen LogP contribution in [-0.4, -0.2) is 0 Å². The molecule has 0 saturated heterocycles. The maximum Gasteiger partial charge on any atom is 0 e. The van der Waals surface area contributed by atoms with E-state index < -0.39 is 0 Å². The number of rotatable bonds is 0. The minimum atomic E-state index is 0. The number of hydrogen-bond acceptors (Lipinski definition) is 0. The number of hydrogen-bond donors (Lipinski definition) is 0. The van der Waals surface area contributed by atoms with Gasteiger partial charge in [0.1, 0.15) is 0 Å². The van der Waals surface area contributed by atoms with Crippen LogP contribution in [0.4, 0.5) is 0 Å². The molecule has 0 nitrogen and oxygen atoms in total. The van der Waals surface area contributed by atoms with Crippen LogP contribution in [0.3, 0.4) is 0 Å². The van der Waals surface area contributed by atoms with Gasteiger partial charge in [-0.3, -0.25) is 0 Å². The number of halogens is 1. The van der Waals surface area contributed by atoms with Gasteiger partial charge in [-0.2, -0.15) is 0 Å². The maximum absolute atomic E-state index is 4.33. The third-order valence-electron chi connectivity index (χ3n) is 0. The van der Waals surface area contributed by atoms with Crippen molar-refractivity contribution in [2.45, 2.75) is 0 Å². The van der Waals surface area contributed by atoms with Crippen LogP contribution in [0.1, 0.15) is 0 Å². The Morgan fingerprint density at radius 1 is 1.20 bits per heavy atom. The van der Waals surface area contributed by atoms with Gasteiger partial charge >= 0.3 is 25.0 Å². The van der Waals surface area contributed by atoms with E-state index in [1.54, 1.807) is 0 Å². The fourth-order valence-corrected chi connectivity index (χ4v) is 0. The summed E-state index contributed by atoms with van der Waals surface area (Å²) in [5.41, 5.74) is 0. The van der Waals surface area contributed by atoms with Crippen molar-refractivity contribution >= 4 is 10.1 Å². The van der Waals surface area contributed by atoms with Crippen molar-refractivity contribution in [3.8, 4) is 0 Å². The van der Waals surface area contributed by atoms with Gasteiger partial charge in [0.05, 0.1) is 0 Å². The predicted octanol–water partition coefficient (Wildman–Crippen LogP) is 0.680. The van der Waals surface area contributed by atoms with Crippen LogP contribution in [-0.2, 0) is 68.5 Å². The van der Waals surface area contributed by atoms with E-state index in [2.05, 4.69) is 25.0 Å². The first-order valence-corrected chi connectivity index (χ1v) is 1.56. The molecule has 0 aliphatic heterocycles. The smallest absolute Gasteiger partial charge is 0 e. The molecule has 0 aliphatic carbocycles. The van der Waals surface area contributed by atoms with E-state index in [9.17, 15) is 0 Å². The molecular weight excluding hydrogens is 278 g/mol. The summed E-state index contributed by atoms with van der Waals surface area (Å²) in [7, 11) is 4.33. The summed E-state index contributed by atoms with van der Waals surface area (Å²) in [5.74, 6) is 0. The van der Waals surface area contributed by atoms with Gasteiger partial charge in [-0.25, -0.2) is 0 Å². The molecule has 0 aliphatic rings. The zero-order chi connectivity index (χ0) is 2.00. The van der Waals surface area contributed by atoms with E-state index in [1.807, 2.05) is 0 Å². The van der Waals surface area contributed by atoms with Crippen LogP contribution < -0.4 is 0 Å². The normalized spacial score (nSPS) is 1.40. The first-order valence-electron chi connectivity index (χ1n) is 0.126. The Hall–Kier alpha value is 2.46. The molecule has 0 fully saturated rings. The standard InChI is InChI=1S/ClH.Co.Cu.Mn.Zn/h1H;;;;/q;+1;;;/p-1. The van der Waals surface area contributed by atoms with Crippen LogP contribution in [0.5, 0.6) is 0 Å². The summed E-state index contributed by atoms with van der Waals surface area (Å²) in [4.78, 5) is 0. The molecule has 0 heterocycles. The average molecular weight is 278 g/mol. The minimum Gasteiger partial charge on any atom is 0 e. The zero-order valence-electron chi connectivity index (χ0n) is 2.10. The molecule has 0 saturated carbocycles. The van der Waals surface area contributed by atoms with Gasteiger partial charge < -0.3 is 0 Å². The van der Waals surface area contributed by atoms with Gasteiger partial charge in [-0.1, -0.05) is 0 Å². The second-order valence-corrected chi connectivity index (χ2v) is 0. The average Bonchev–Trinajstić information content (AvgIpc) is 1.00. The van der Waals surface area contributed by atoms with Crippen molar-refractivity contribution in [3.63, 3.8) is 0 Å². The minimum absolute atomic E-state index is 0. The Bertz CT molecular complexity index is 11.6. The summed E-state index contributed by atoms with van der Waals surface area (Å²) in [5, 5.41) is 0. The van der Waals surface area contributed by atoms with Crippen LogP contribution in [0.15, 0.2) is 0 Å². The van der Waals surface area contributed by atoms with Crippen molar-refractivity contribution in [2.24, 2.45) is 0 Å². The third-order valence-corrected chi connectivity index (χ3v) is 0. The van der Waals surface area contributed by atoms with Crippen molar-refractivity contribution < 1.29 is 68.5 Å². The molecule has 0 unspecified atom stereocenters. The molecule has 0 amide bonds. The SMILES string of the molecule is [Cl][Co].[Cu].[Mn].[Zn]. The first-order chi connectivity index (χ1) is 1.00. The topological polar surface area (TPSA) is 0 Å². The van der Waals surface area contributed by atoms with Crippen molar-refractivity contribution in [1.29, 1.82) is 0 Å². The quantitative estimate of drug-likeness (QED) is 0.572. The Labute approximate surface area is 77.7 Å². The van der Waals surface area contributed by atoms with Gasteiger partial charge in [0, 0.05) is 53.6 Å². The Morgan fingerprint density at radius 3 is 1.20 bits per heavy atom.